The Kier molecular flexibility index (Phi) is 1.70. The van der Waals surface area contributed by atoms with Crippen LogP contribution in [0.3, 0.4) is 0 Å². The Morgan fingerprint density at radius 3 is 3.23 bits per heavy atom. The summed E-state index contributed by atoms with van der Waals surface area (Å²) in [6, 6.07) is 0. The van der Waals surface area contributed by atoms with Gasteiger partial charge < -0.3 is 9.14 Å². The fourth-order valence-electron chi connectivity index (χ4n) is 1.10. The summed E-state index contributed by atoms with van der Waals surface area (Å²) in [5.74, 6) is -0.449. The van der Waals surface area contributed by atoms with E-state index in [0.717, 1.165) is 0 Å². The van der Waals surface area contributed by atoms with Crippen LogP contribution in [0.5, 0.6) is 0 Å². The number of fused-ring (bicyclic) bond motifs is 1. The Hall–Kier alpha value is -1.91. The molecule has 5 nitrogen and oxygen atoms in total. The molecule has 0 N–H and O–H groups in total. The summed E-state index contributed by atoms with van der Waals surface area (Å²) < 4.78 is 6.27. The molecule has 66 valence electrons. The van der Waals surface area contributed by atoms with E-state index in [0.29, 0.717) is 5.52 Å². The van der Waals surface area contributed by atoms with Gasteiger partial charge in [-0.2, -0.15) is 0 Å². The first-order valence-corrected chi connectivity index (χ1v) is 3.68. The van der Waals surface area contributed by atoms with Gasteiger partial charge in [0.25, 0.3) is 0 Å². The Balaban J connectivity index is 2.64. The number of imidazole rings is 1. The number of hydrogen-bond acceptors (Lipinski definition) is 4. The van der Waals surface area contributed by atoms with E-state index < -0.39 is 5.97 Å². The minimum absolute atomic E-state index is 0.288. The molecule has 0 unspecified atom stereocenters. The number of esters is 1. The van der Waals surface area contributed by atoms with Crippen LogP contribution in [-0.2, 0) is 4.74 Å². The van der Waals surface area contributed by atoms with Gasteiger partial charge in [0.15, 0.2) is 5.69 Å². The van der Waals surface area contributed by atoms with Gasteiger partial charge in [0.1, 0.15) is 6.33 Å². The summed E-state index contributed by atoms with van der Waals surface area (Å²) in [4.78, 5) is 19.0. The van der Waals surface area contributed by atoms with Crippen molar-refractivity contribution in [2.24, 2.45) is 0 Å². The van der Waals surface area contributed by atoms with Crippen LogP contribution in [0.1, 0.15) is 10.5 Å². The number of rotatable bonds is 1. The van der Waals surface area contributed by atoms with Crippen LogP contribution in [-0.4, -0.2) is 27.4 Å². The lowest BCUT2D eigenvalue weighted by atomic mass is 10.4. The highest BCUT2D eigenvalue weighted by molar-refractivity contribution is 5.94. The van der Waals surface area contributed by atoms with Crippen molar-refractivity contribution in [3.8, 4) is 0 Å². The van der Waals surface area contributed by atoms with Crippen LogP contribution in [0.2, 0.25) is 0 Å². The largest absolute Gasteiger partial charge is 0.464 e. The van der Waals surface area contributed by atoms with Crippen LogP contribution >= 0.6 is 0 Å². The number of ether oxygens (including phenoxy) is 1. The highest BCUT2D eigenvalue weighted by Crippen LogP contribution is 2.07. The average molecular weight is 177 g/mol. The molecule has 2 heterocycles. The number of carbonyl (C=O) groups excluding carboxylic acids is 1. The Labute approximate surface area is 74.0 Å². The monoisotopic (exact) mass is 177 g/mol. The van der Waals surface area contributed by atoms with Crippen LogP contribution in [0.4, 0.5) is 0 Å². The fraction of sp³-hybridized carbons (Fsp3) is 0.125. The number of nitrogens with zero attached hydrogens (tertiary/aromatic N) is 3. The minimum atomic E-state index is -0.449. The van der Waals surface area contributed by atoms with Gasteiger partial charge in [-0.05, 0) is 0 Å². The van der Waals surface area contributed by atoms with Crippen molar-refractivity contribution in [2.75, 3.05) is 7.11 Å². The van der Waals surface area contributed by atoms with Crippen LogP contribution in [0, 0.1) is 0 Å². The van der Waals surface area contributed by atoms with E-state index in [-0.39, 0.29) is 5.69 Å². The summed E-state index contributed by atoms with van der Waals surface area (Å²) in [5, 5.41) is 0. The lowest BCUT2D eigenvalue weighted by Crippen LogP contribution is -2.02. The molecule has 2 aromatic rings. The van der Waals surface area contributed by atoms with E-state index in [4.69, 9.17) is 0 Å². The third kappa shape index (κ3) is 1.14. The number of carbonyl (C=O) groups is 1. The number of aromatic nitrogens is 3. The van der Waals surface area contributed by atoms with Gasteiger partial charge >= 0.3 is 5.97 Å². The molecule has 2 rings (SSSR count). The molecular weight excluding hydrogens is 170 g/mol. The number of hydrogen-bond donors (Lipinski definition) is 0. The van der Waals surface area contributed by atoms with Crippen molar-refractivity contribution >= 4 is 11.5 Å². The highest BCUT2D eigenvalue weighted by atomic mass is 16.5. The third-order valence-corrected chi connectivity index (χ3v) is 1.72. The molecule has 2 aromatic heterocycles. The normalized spacial score (nSPS) is 10.2. The van der Waals surface area contributed by atoms with Gasteiger partial charge in [-0.1, -0.05) is 0 Å². The van der Waals surface area contributed by atoms with E-state index in [9.17, 15) is 4.79 Å². The molecule has 13 heavy (non-hydrogen) atoms. The lowest BCUT2D eigenvalue weighted by molar-refractivity contribution is 0.0597. The van der Waals surface area contributed by atoms with Crippen molar-refractivity contribution in [2.45, 2.75) is 0 Å². The smallest absolute Gasteiger partial charge is 0.358 e. The molecule has 0 fully saturated rings. The second-order valence-electron chi connectivity index (χ2n) is 2.45. The predicted molar refractivity (Wildman–Crippen MR) is 44.3 cm³/mol. The fourth-order valence-corrected chi connectivity index (χ4v) is 1.10. The predicted octanol–water partition coefficient (Wildman–Crippen LogP) is 0.516. The molecular formula is C8H7N3O2. The maximum atomic E-state index is 11.2. The highest BCUT2D eigenvalue weighted by Gasteiger charge is 2.12. The summed E-state index contributed by atoms with van der Waals surface area (Å²) >= 11 is 0. The van der Waals surface area contributed by atoms with Crippen molar-refractivity contribution in [3.05, 3.63) is 30.6 Å². The van der Waals surface area contributed by atoms with Crippen LogP contribution in [0.15, 0.2) is 24.9 Å². The quantitative estimate of drug-likeness (QED) is 0.596. The maximum Gasteiger partial charge on any atom is 0.358 e. The van der Waals surface area contributed by atoms with Gasteiger partial charge in [0, 0.05) is 12.4 Å². The molecule has 0 atom stereocenters. The third-order valence-electron chi connectivity index (χ3n) is 1.72. The molecule has 5 heteroatoms. The van der Waals surface area contributed by atoms with Crippen LogP contribution < -0.4 is 0 Å². The van der Waals surface area contributed by atoms with E-state index in [1.807, 2.05) is 0 Å². The first-order chi connectivity index (χ1) is 6.33. The van der Waals surface area contributed by atoms with Gasteiger partial charge in [0.05, 0.1) is 18.8 Å². The molecule has 0 amide bonds. The van der Waals surface area contributed by atoms with Crippen molar-refractivity contribution in [3.63, 3.8) is 0 Å². The molecule has 0 radical (unpaired) electrons. The first kappa shape index (κ1) is 7.72. The lowest BCUT2D eigenvalue weighted by Gasteiger charge is -1.94. The first-order valence-electron chi connectivity index (χ1n) is 3.68. The summed E-state index contributed by atoms with van der Waals surface area (Å²) in [6.07, 6.45) is 6.45. The van der Waals surface area contributed by atoms with E-state index in [1.165, 1.54) is 7.11 Å². The Morgan fingerprint density at radius 1 is 1.62 bits per heavy atom. The Morgan fingerprint density at radius 2 is 2.46 bits per heavy atom. The Bertz CT molecular complexity index is 449. The SMILES string of the molecule is COC(=O)c1ncn2ccncc12. The van der Waals surface area contributed by atoms with E-state index >= 15 is 0 Å². The van der Waals surface area contributed by atoms with E-state index in [2.05, 4.69) is 14.7 Å². The van der Waals surface area contributed by atoms with Crippen molar-refractivity contribution in [1.82, 2.24) is 14.4 Å². The molecule has 0 saturated carbocycles. The van der Waals surface area contributed by atoms with Gasteiger partial charge in [-0.15, -0.1) is 0 Å². The minimum Gasteiger partial charge on any atom is -0.464 e. The molecule has 0 aromatic carbocycles. The molecule has 0 aliphatic carbocycles. The topological polar surface area (TPSA) is 56.5 Å². The van der Waals surface area contributed by atoms with Crippen LogP contribution in [0.25, 0.3) is 5.52 Å². The molecule has 0 bridgehead atoms. The summed E-state index contributed by atoms with van der Waals surface area (Å²) in [6.45, 7) is 0. The zero-order chi connectivity index (χ0) is 9.26. The van der Waals surface area contributed by atoms with Gasteiger partial charge in [-0.25, -0.2) is 9.78 Å². The average Bonchev–Trinajstić information content (AvgIpc) is 2.60. The second-order valence-corrected chi connectivity index (χ2v) is 2.45. The molecule has 0 spiro atoms. The van der Waals surface area contributed by atoms with Gasteiger partial charge in [0.2, 0.25) is 0 Å². The zero-order valence-electron chi connectivity index (χ0n) is 6.97. The van der Waals surface area contributed by atoms with E-state index in [1.54, 1.807) is 29.3 Å². The van der Waals surface area contributed by atoms with Crippen molar-refractivity contribution in [1.29, 1.82) is 0 Å². The molecule has 0 aliphatic heterocycles. The molecule has 0 aliphatic rings. The summed E-state index contributed by atoms with van der Waals surface area (Å²) in [5.41, 5.74) is 0.935. The second kappa shape index (κ2) is 2.85. The number of methoxy groups -OCH3 is 1. The standard InChI is InChI=1S/C8H7N3O2/c1-13-8(12)7-6-4-9-2-3-11(6)5-10-7/h2-5H,1H3. The van der Waals surface area contributed by atoms with Crippen molar-refractivity contribution < 1.29 is 9.53 Å². The summed E-state index contributed by atoms with van der Waals surface area (Å²) in [7, 11) is 1.32. The maximum absolute atomic E-state index is 11.2. The zero-order valence-corrected chi connectivity index (χ0v) is 6.97. The molecule has 0 saturated heterocycles. The van der Waals surface area contributed by atoms with Gasteiger partial charge in [-0.3, -0.25) is 4.98 Å².